The fraction of sp³-hybridized carbons (Fsp3) is 0.429. The molecule has 0 aromatic carbocycles. The van der Waals surface area contributed by atoms with E-state index < -0.39 is 0 Å². The summed E-state index contributed by atoms with van der Waals surface area (Å²) in [6.45, 7) is 1.32. The molecule has 2 aromatic rings. The van der Waals surface area contributed by atoms with Gasteiger partial charge in [0.05, 0.1) is 16.7 Å². The third-order valence-corrected chi connectivity index (χ3v) is 4.04. The SMILES string of the molecule is CN(C[C@H]1OCC[C@H]1c1ncn[nH]1)c1ncc(C#N)cc1Cl. The van der Waals surface area contributed by atoms with E-state index in [-0.39, 0.29) is 12.0 Å². The van der Waals surface area contributed by atoms with Crippen molar-refractivity contribution >= 4 is 17.4 Å². The lowest BCUT2D eigenvalue weighted by atomic mass is 10.0. The monoisotopic (exact) mass is 318 g/mol. The van der Waals surface area contributed by atoms with Crippen LogP contribution in [0, 0.1) is 11.3 Å². The lowest BCUT2D eigenvalue weighted by Crippen LogP contribution is -2.33. The number of H-pyrrole nitrogens is 1. The zero-order chi connectivity index (χ0) is 15.5. The molecular formula is C14H15ClN6O. The second-order valence-electron chi connectivity index (χ2n) is 5.20. The van der Waals surface area contributed by atoms with Gasteiger partial charge in [-0.2, -0.15) is 10.4 Å². The number of hydrogen-bond acceptors (Lipinski definition) is 6. The van der Waals surface area contributed by atoms with Crippen molar-refractivity contribution in [3.8, 4) is 6.07 Å². The van der Waals surface area contributed by atoms with Crippen molar-refractivity contribution in [2.45, 2.75) is 18.4 Å². The average Bonchev–Trinajstić information content (AvgIpc) is 3.17. The van der Waals surface area contributed by atoms with Crippen molar-refractivity contribution in [1.29, 1.82) is 5.26 Å². The predicted molar refractivity (Wildman–Crippen MR) is 80.7 cm³/mol. The van der Waals surface area contributed by atoms with Crippen LogP contribution >= 0.6 is 11.6 Å². The Bertz CT molecular complexity index is 683. The van der Waals surface area contributed by atoms with Crippen LogP contribution in [0.1, 0.15) is 23.7 Å². The van der Waals surface area contributed by atoms with E-state index in [4.69, 9.17) is 21.6 Å². The van der Waals surface area contributed by atoms with E-state index >= 15 is 0 Å². The maximum atomic E-state index is 8.86. The highest BCUT2D eigenvalue weighted by molar-refractivity contribution is 6.33. The van der Waals surface area contributed by atoms with Crippen LogP contribution in [0.5, 0.6) is 0 Å². The maximum Gasteiger partial charge on any atom is 0.147 e. The van der Waals surface area contributed by atoms with Gasteiger partial charge in [0.2, 0.25) is 0 Å². The Labute approximate surface area is 132 Å². The molecule has 1 N–H and O–H groups in total. The summed E-state index contributed by atoms with van der Waals surface area (Å²) in [5, 5.41) is 16.1. The van der Waals surface area contributed by atoms with Crippen LogP contribution in [0.4, 0.5) is 5.82 Å². The number of nitrogens with zero attached hydrogens (tertiary/aromatic N) is 5. The molecule has 2 atom stereocenters. The molecule has 3 heterocycles. The molecule has 8 heteroatoms. The van der Waals surface area contributed by atoms with Crippen molar-refractivity contribution in [2.24, 2.45) is 0 Å². The standard InChI is InChI=1S/C14H15ClN6O/c1-21(14-11(15)4-9(5-16)6-17-14)7-12-10(2-3-22-12)13-18-8-19-20-13/h4,6,8,10,12H,2-3,7H2,1H3,(H,18,19,20)/t10-,12-/m1/s1. The highest BCUT2D eigenvalue weighted by Gasteiger charge is 2.33. The third-order valence-electron chi connectivity index (χ3n) is 3.76. The van der Waals surface area contributed by atoms with Crippen molar-refractivity contribution in [3.63, 3.8) is 0 Å². The lowest BCUT2D eigenvalue weighted by Gasteiger charge is -2.25. The Balaban J connectivity index is 1.74. The molecular weight excluding hydrogens is 304 g/mol. The Morgan fingerprint density at radius 3 is 3.09 bits per heavy atom. The summed E-state index contributed by atoms with van der Waals surface area (Å²) in [5.41, 5.74) is 0.443. The molecule has 1 aliphatic heterocycles. The van der Waals surface area contributed by atoms with Crippen molar-refractivity contribution in [2.75, 3.05) is 25.1 Å². The van der Waals surface area contributed by atoms with Gasteiger partial charge in [-0.15, -0.1) is 0 Å². The number of likely N-dealkylation sites (N-methyl/N-ethyl adjacent to an activating group) is 1. The Kier molecular flexibility index (Phi) is 4.22. The van der Waals surface area contributed by atoms with Gasteiger partial charge >= 0.3 is 0 Å². The van der Waals surface area contributed by atoms with Crippen molar-refractivity contribution in [3.05, 3.63) is 35.0 Å². The molecule has 0 unspecified atom stereocenters. The number of nitrogens with one attached hydrogen (secondary N) is 1. The first-order chi connectivity index (χ1) is 10.7. The first-order valence-corrected chi connectivity index (χ1v) is 7.30. The van der Waals surface area contributed by atoms with Crippen LogP contribution in [-0.4, -0.2) is 46.5 Å². The van der Waals surface area contributed by atoms with Crippen LogP contribution in [0.3, 0.4) is 0 Å². The molecule has 0 radical (unpaired) electrons. The van der Waals surface area contributed by atoms with Crippen LogP contribution < -0.4 is 4.90 Å². The Morgan fingerprint density at radius 1 is 1.55 bits per heavy atom. The molecule has 0 bridgehead atoms. The topological polar surface area (TPSA) is 90.7 Å². The second-order valence-corrected chi connectivity index (χ2v) is 5.60. The van der Waals surface area contributed by atoms with Crippen LogP contribution in [0.15, 0.2) is 18.6 Å². The summed E-state index contributed by atoms with van der Waals surface area (Å²) in [6.07, 6.45) is 3.92. The molecule has 0 saturated carbocycles. The molecule has 7 nitrogen and oxygen atoms in total. The van der Waals surface area contributed by atoms with Crippen LogP contribution in [0.2, 0.25) is 5.02 Å². The summed E-state index contributed by atoms with van der Waals surface area (Å²) in [7, 11) is 1.90. The summed E-state index contributed by atoms with van der Waals surface area (Å²) < 4.78 is 5.81. The van der Waals surface area contributed by atoms with Gasteiger partial charge in [0, 0.05) is 32.3 Å². The van der Waals surface area contributed by atoms with E-state index in [2.05, 4.69) is 20.2 Å². The van der Waals surface area contributed by atoms with E-state index in [0.717, 1.165) is 12.2 Å². The lowest BCUT2D eigenvalue weighted by molar-refractivity contribution is 0.108. The van der Waals surface area contributed by atoms with Gasteiger partial charge in [-0.3, -0.25) is 5.10 Å². The normalized spacial score (nSPS) is 20.8. The zero-order valence-corrected chi connectivity index (χ0v) is 12.8. The van der Waals surface area contributed by atoms with Crippen molar-refractivity contribution < 1.29 is 4.74 Å². The summed E-state index contributed by atoms with van der Waals surface area (Å²) in [5.74, 6) is 1.66. The number of aromatic nitrogens is 4. The minimum Gasteiger partial charge on any atom is -0.376 e. The number of nitriles is 1. The van der Waals surface area contributed by atoms with E-state index in [1.54, 1.807) is 6.07 Å². The van der Waals surface area contributed by atoms with Gasteiger partial charge in [0.15, 0.2) is 0 Å². The van der Waals surface area contributed by atoms with Gasteiger partial charge in [0.25, 0.3) is 0 Å². The van der Waals surface area contributed by atoms with E-state index in [9.17, 15) is 0 Å². The number of aromatic amines is 1. The number of pyridine rings is 1. The highest BCUT2D eigenvalue weighted by Crippen LogP contribution is 2.31. The summed E-state index contributed by atoms with van der Waals surface area (Å²) in [6, 6.07) is 3.64. The predicted octanol–water partition coefficient (Wildman–Crippen LogP) is 1.73. The van der Waals surface area contributed by atoms with Gasteiger partial charge < -0.3 is 9.64 Å². The van der Waals surface area contributed by atoms with Gasteiger partial charge in [-0.1, -0.05) is 11.6 Å². The molecule has 0 spiro atoms. The van der Waals surface area contributed by atoms with Gasteiger partial charge in [-0.05, 0) is 12.5 Å². The molecule has 114 valence electrons. The van der Waals surface area contributed by atoms with Crippen LogP contribution in [-0.2, 0) is 4.74 Å². The van der Waals surface area contributed by atoms with E-state index in [0.29, 0.717) is 29.6 Å². The zero-order valence-electron chi connectivity index (χ0n) is 12.0. The first-order valence-electron chi connectivity index (χ1n) is 6.92. The maximum absolute atomic E-state index is 8.86. The van der Waals surface area contributed by atoms with Crippen LogP contribution in [0.25, 0.3) is 0 Å². The summed E-state index contributed by atoms with van der Waals surface area (Å²) >= 11 is 6.20. The molecule has 0 aliphatic carbocycles. The molecule has 1 aliphatic rings. The van der Waals surface area contributed by atoms with E-state index in [1.807, 2.05) is 18.0 Å². The average molecular weight is 319 g/mol. The molecule has 22 heavy (non-hydrogen) atoms. The number of anilines is 1. The highest BCUT2D eigenvalue weighted by atomic mass is 35.5. The number of rotatable bonds is 4. The smallest absolute Gasteiger partial charge is 0.147 e. The quantitative estimate of drug-likeness (QED) is 0.923. The number of ether oxygens (including phenoxy) is 1. The minimum absolute atomic E-state index is 0.00791. The Hall–Kier alpha value is -2.17. The molecule has 3 rings (SSSR count). The number of halogens is 1. The minimum atomic E-state index is -0.00791. The first kappa shape index (κ1) is 14.8. The largest absolute Gasteiger partial charge is 0.376 e. The molecule has 2 aromatic heterocycles. The number of hydrogen-bond donors (Lipinski definition) is 1. The molecule has 1 fully saturated rings. The molecule has 0 amide bonds. The van der Waals surface area contributed by atoms with Crippen molar-refractivity contribution in [1.82, 2.24) is 20.2 Å². The summed E-state index contributed by atoms with van der Waals surface area (Å²) in [4.78, 5) is 10.4. The fourth-order valence-corrected chi connectivity index (χ4v) is 2.97. The molecule has 1 saturated heterocycles. The Morgan fingerprint density at radius 2 is 2.41 bits per heavy atom. The van der Waals surface area contributed by atoms with Gasteiger partial charge in [0.1, 0.15) is 24.0 Å². The third kappa shape index (κ3) is 2.89. The van der Waals surface area contributed by atoms with Gasteiger partial charge in [-0.25, -0.2) is 9.97 Å². The van der Waals surface area contributed by atoms with E-state index in [1.165, 1.54) is 12.5 Å². The fourth-order valence-electron chi connectivity index (χ4n) is 2.66. The second kappa shape index (κ2) is 6.30.